The second-order valence-electron chi connectivity index (χ2n) is 7.66. The molecule has 2 aromatic carbocycles. The number of pyridine rings is 1. The van der Waals surface area contributed by atoms with Crippen molar-refractivity contribution >= 4 is 16.9 Å². The summed E-state index contributed by atoms with van der Waals surface area (Å²) in [6.07, 6.45) is 2.17. The first-order valence-corrected chi connectivity index (χ1v) is 10.1. The van der Waals surface area contributed by atoms with Crippen LogP contribution >= 0.6 is 0 Å². The van der Waals surface area contributed by atoms with Gasteiger partial charge in [-0.1, -0.05) is 24.3 Å². The summed E-state index contributed by atoms with van der Waals surface area (Å²) < 4.78 is 35.7. The summed E-state index contributed by atoms with van der Waals surface area (Å²) in [5.41, 5.74) is 3.50. The van der Waals surface area contributed by atoms with Crippen molar-refractivity contribution in [3.63, 3.8) is 0 Å². The van der Waals surface area contributed by atoms with Gasteiger partial charge in [-0.05, 0) is 42.3 Å². The Balaban J connectivity index is 1.71. The van der Waals surface area contributed by atoms with Gasteiger partial charge in [0, 0.05) is 40.8 Å². The molecule has 0 saturated carbocycles. The first-order valence-electron chi connectivity index (χ1n) is 10.1. The number of aromatic nitrogens is 2. The Morgan fingerprint density at radius 2 is 1.84 bits per heavy atom. The minimum atomic E-state index is -0.564. The van der Waals surface area contributed by atoms with Crippen molar-refractivity contribution in [3.8, 4) is 0 Å². The van der Waals surface area contributed by atoms with E-state index in [9.17, 15) is 18.4 Å². The minimum absolute atomic E-state index is 0.0701. The molecule has 4 aromatic rings. The van der Waals surface area contributed by atoms with Crippen LogP contribution in [0.3, 0.4) is 0 Å². The quantitative estimate of drug-likeness (QED) is 0.426. The van der Waals surface area contributed by atoms with Crippen LogP contribution in [-0.4, -0.2) is 22.2 Å². The molecular formula is C25H22F2N2O3. The average Bonchev–Trinajstić information content (AvgIpc) is 3.04. The Labute approximate surface area is 183 Å². The van der Waals surface area contributed by atoms with Gasteiger partial charge in [0.1, 0.15) is 18.2 Å². The molecule has 0 unspecified atom stereocenters. The Hall–Kier alpha value is -3.74. The van der Waals surface area contributed by atoms with Crippen LogP contribution in [0.25, 0.3) is 10.9 Å². The molecule has 32 heavy (non-hydrogen) atoms. The number of fused-ring (bicyclic) bond motifs is 1. The van der Waals surface area contributed by atoms with Gasteiger partial charge in [0.25, 0.3) is 5.56 Å². The van der Waals surface area contributed by atoms with E-state index in [2.05, 4.69) is 0 Å². The van der Waals surface area contributed by atoms with Crippen LogP contribution in [0, 0.1) is 18.6 Å². The predicted octanol–water partition coefficient (Wildman–Crippen LogP) is 4.20. The van der Waals surface area contributed by atoms with E-state index in [-0.39, 0.29) is 30.2 Å². The molecule has 164 valence electrons. The van der Waals surface area contributed by atoms with E-state index in [1.807, 2.05) is 35.8 Å². The fraction of sp³-hybridized carbons (Fsp3) is 0.200. The van der Waals surface area contributed by atoms with E-state index in [1.165, 1.54) is 17.7 Å². The molecule has 0 aliphatic heterocycles. The Morgan fingerprint density at radius 3 is 2.62 bits per heavy atom. The lowest BCUT2D eigenvalue weighted by atomic mass is 10.0. The van der Waals surface area contributed by atoms with Crippen LogP contribution in [0.15, 0.2) is 65.6 Å². The summed E-state index contributed by atoms with van der Waals surface area (Å²) in [4.78, 5) is 24.3. The highest BCUT2D eigenvalue weighted by molar-refractivity contribution is 5.87. The Bertz CT molecular complexity index is 1370. The number of ether oxygens (including phenoxy) is 1. The summed E-state index contributed by atoms with van der Waals surface area (Å²) in [7, 11) is 1.36. The molecule has 0 N–H and O–H groups in total. The summed E-state index contributed by atoms with van der Waals surface area (Å²) in [5.74, 6) is -1.46. The van der Waals surface area contributed by atoms with Crippen molar-refractivity contribution in [2.75, 3.05) is 7.11 Å². The van der Waals surface area contributed by atoms with Gasteiger partial charge in [-0.15, -0.1) is 0 Å². The van der Waals surface area contributed by atoms with Crippen LogP contribution < -0.4 is 5.56 Å². The highest BCUT2D eigenvalue weighted by Crippen LogP contribution is 2.28. The standard InChI is InChI=1S/C25H22F2N2O3/c1-16-21(20-5-3-4-6-23(20)29(16)15-25(31)32-2)11-17-7-10-24(30)28(13-17)14-18-12-19(26)8-9-22(18)27/h3-10,12-13H,11,14-15H2,1-2H3. The number of esters is 1. The summed E-state index contributed by atoms with van der Waals surface area (Å²) >= 11 is 0. The summed E-state index contributed by atoms with van der Waals surface area (Å²) in [5, 5.41) is 1.00. The highest BCUT2D eigenvalue weighted by atomic mass is 19.1. The van der Waals surface area contributed by atoms with Gasteiger partial charge in [-0.2, -0.15) is 0 Å². The largest absolute Gasteiger partial charge is 0.468 e. The lowest BCUT2D eigenvalue weighted by Gasteiger charge is -2.10. The van der Waals surface area contributed by atoms with E-state index in [0.717, 1.165) is 45.9 Å². The molecule has 0 saturated heterocycles. The van der Waals surface area contributed by atoms with Crippen LogP contribution in [0.2, 0.25) is 0 Å². The van der Waals surface area contributed by atoms with Crippen molar-refractivity contribution in [1.29, 1.82) is 0 Å². The lowest BCUT2D eigenvalue weighted by molar-refractivity contribution is -0.141. The zero-order valence-corrected chi connectivity index (χ0v) is 17.8. The van der Waals surface area contributed by atoms with Crippen LogP contribution in [0.1, 0.15) is 22.4 Å². The van der Waals surface area contributed by atoms with Crippen molar-refractivity contribution < 1.29 is 18.3 Å². The molecule has 0 atom stereocenters. The molecule has 0 aliphatic rings. The van der Waals surface area contributed by atoms with Gasteiger partial charge in [0.15, 0.2) is 0 Å². The number of halogens is 2. The molecule has 5 nitrogen and oxygen atoms in total. The summed E-state index contributed by atoms with van der Waals surface area (Å²) in [6, 6.07) is 14.1. The van der Waals surface area contributed by atoms with E-state index < -0.39 is 11.6 Å². The normalized spacial score (nSPS) is 11.1. The van der Waals surface area contributed by atoms with Gasteiger partial charge in [-0.25, -0.2) is 8.78 Å². The number of rotatable bonds is 6. The topological polar surface area (TPSA) is 53.2 Å². The van der Waals surface area contributed by atoms with E-state index >= 15 is 0 Å². The maximum Gasteiger partial charge on any atom is 0.325 e. The first-order chi connectivity index (χ1) is 15.4. The average molecular weight is 436 g/mol. The third-order valence-electron chi connectivity index (χ3n) is 5.65. The highest BCUT2D eigenvalue weighted by Gasteiger charge is 2.17. The number of para-hydroxylation sites is 1. The zero-order valence-electron chi connectivity index (χ0n) is 17.8. The Kier molecular flexibility index (Phi) is 5.90. The van der Waals surface area contributed by atoms with Crippen LogP contribution in [-0.2, 0) is 29.0 Å². The maximum atomic E-state index is 14.1. The molecule has 0 amide bonds. The maximum absolute atomic E-state index is 14.1. The fourth-order valence-electron chi connectivity index (χ4n) is 3.98. The SMILES string of the molecule is COC(=O)Cn1c(C)c(Cc2ccc(=O)n(Cc3cc(F)ccc3F)c2)c2ccccc21. The van der Waals surface area contributed by atoms with Gasteiger partial charge in [-0.3, -0.25) is 9.59 Å². The van der Waals surface area contributed by atoms with E-state index in [4.69, 9.17) is 4.74 Å². The van der Waals surface area contributed by atoms with Gasteiger partial charge in [0.2, 0.25) is 0 Å². The first kappa shape index (κ1) is 21.5. The molecule has 0 radical (unpaired) electrons. The predicted molar refractivity (Wildman–Crippen MR) is 118 cm³/mol. The number of nitrogens with zero attached hydrogens (tertiary/aromatic N) is 2. The van der Waals surface area contributed by atoms with Crippen LogP contribution in [0.5, 0.6) is 0 Å². The number of methoxy groups -OCH3 is 1. The Morgan fingerprint density at radius 1 is 1.06 bits per heavy atom. The third kappa shape index (κ3) is 4.19. The monoisotopic (exact) mass is 436 g/mol. The number of carbonyl (C=O) groups excluding carboxylic acids is 1. The van der Waals surface area contributed by atoms with Gasteiger partial charge in [0.05, 0.1) is 13.7 Å². The molecule has 7 heteroatoms. The smallest absolute Gasteiger partial charge is 0.325 e. The molecule has 4 rings (SSSR count). The van der Waals surface area contributed by atoms with Crippen molar-refractivity contribution in [1.82, 2.24) is 9.13 Å². The van der Waals surface area contributed by atoms with Gasteiger partial charge < -0.3 is 13.9 Å². The third-order valence-corrected chi connectivity index (χ3v) is 5.65. The number of benzene rings is 2. The number of hydrogen-bond acceptors (Lipinski definition) is 3. The summed E-state index contributed by atoms with van der Waals surface area (Å²) in [6.45, 7) is 1.97. The van der Waals surface area contributed by atoms with Crippen molar-refractivity contribution in [2.45, 2.75) is 26.4 Å². The van der Waals surface area contributed by atoms with E-state index in [1.54, 1.807) is 12.3 Å². The zero-order chi connectivity index (χ0) is 22.8. The van der Waals surface area contributed by atoms with Crippen molar-refractivity contribution in [3.05, 3.63) is 105 Å². The molecule has 2 heterocycles. The minimum Gasteiger partial charge on any atom is -0.468 e. The second kappa shape index (κ2) is 8.78. The van der Waals surface area contributed by atoms with Crippen LogP contribution in [0.4, 0.5) is 8.78 Å². The molecule has 0 fully saturated rings. The molecule has 0 bridgehead atoms. The second-order valence-corrected chi connectivity index (χ2v) is 7.66. The molecule has 0 aliphatic carbocycles. The molecule has 2 aromatic heterocycles. The number of carbonyl (C=O) groups is 1. The molecule has 0 spiro atoms. The molecular weight excluding hydrogens is 414 g/mol. The van der Waals surface area contributed by atoms with Crippen molar-refractivity contribution in [2.24, 2.45) is 0 Å². The van der Waals surface area contributed by atoms with Gasteiger partial charge >= 0.3 is 5.97 Å². The van der Waals surface area contributed by atoms with E-state index in [0.29, 0.717) is 6.42 Å². The lowest BCUT2D eigenvalue weighted by Crippen LogP contribution is -2.20. The fourth-order valence-corrected chi connectivity index (χ4v) is 3.98. The number of hydrogen-bond donors (Lipinski definition) is 0.